The highest BCUT2D eigenvalue weighted by Crippen LogP contribution is 2.22. The molecular weight excluding hydrogens is 334 g/mol. The summed E-state index contributed by atoms with van der Waals surface area (Å²) in [6.45, 7) is 8.14. The second kappa shape index (κ2) is 10.4. The third kappa shape index (κ3) is 7.64. The van der Waals surface area contributed by atoms with E-state index in [0.29, 0.717) is 25.9 Å². The molecule has 6 heteroatoms. The minimum Gasteiger partial charge on any atom is -0.483 e. The molecule has 0 bridgehead atoms. The van der Waals surface area contributed by atoms with Gasteiger partial charge in [0.1, 0.15) is 0 Å². The van der Waals surface area contributed by atoms with Gasteiger partial charge in [-0.2, -0.15) is 0 Å². The molecular formula is C20H31NO5. The lowest BCUT2D eigenvalue weighted by atomic mass is 9.86. The maximum Gasteiger partial charge on any atom is 0.290 e. The van der Waals surface area contributed by atoms with Gasteiger partial charge in [-0.3, -0.25) is 14.5 Å². The number of Topliss-reactive ketones (excluding diaryl/α,β-unsaturated/α-hetero) is 1. The zero-order chi connectivity index (χ0) is 19.7. The number of rotatable bonds is 5. The first-order valence-corrected chi connectivity index (χ1v) is 8.97. The van der Waals surface area contributed by atoms with Crippen LogP contribution >= 0.6 is 0 Å². The minimum absolute atomic E-state index is 0.0948. The van der Waals surface area contributed by atoms with Gasteiger partial charge < -0.3 is 15.3 Å². The Balaban J connectivity index is 0.00000105. The van der Waals surface area contributed by atoms with Crippen molar-refractivity contribution in [3.05, 3.63) is 35.4 Å². The Morgan fingerprint density at radius 3 is 2.12 bits per heavy atom. The van der Waals surface area contributed by atoms with Gasteiger partial charge in [0.05, 0.1) is 12.2 Å². The lowest BCUT2D eigenvalue weighted by molar-refractivity contribution is -0.122. The summed E-state index contributed by atoms with van der Waals surface area (Å²) in [4.78, 5) is 22.7. The molecule has 1 saturated heterocycles. The predicted octanol–water partition coefficient (Wildman–Crippen LogP) is 2.08. The van der Waals surface area contributed by atoms with E-state index in [-0.39, 0.29) is 17.7 Å². The number of aliphatic hydroxyl groups excluding tert-OH is 2. The maximum atomic E-state index is 12.3. The summed E-state index contributed by atoms with van der Waals surface area (Å²) in [5, 5.41) is 26.2. The molecule has 2 rings (SSSR count). The molecule has 1 aromatic carbocycles. The second-order valence-electron chi connectivity index (χ2n) is 7.76. The van der Waals surface area contributed by atoms with E-state index in [0.717, 1.165) is 18.5 Å². The van der Waals surface area contributed by atoms with Crippen LogP contribution in [0.1, 0.15) is 56.0 Å². The van der Waals surface area contributed by atoms with Crippen LogP contribution in [0.15, 0.2) is 24.3 Å². The molecule has 26 heavy (non-hydrogen) atoms. The number of likely N-dealkylation sites (tertiary alicyclic amines) is 1. The molecule has 3 N–H and O–H groups in total. The topological polar surface area (TPSA) is 98.1 Å². The highest BCUT2D eigenvalue weighted by Gasteiger charge is 2.24. The van der Waals surface area contributed by atoms with Crippen molar-refractivity contribution in [3.8, 4) is 0 Å². The Kier molecular flexibility index (Phi) is 8.92. The van der Waals surface area contributed by atoms with Gasteiger partial charge in [-0.25, -0.2) is 0 Å². The summed E-state index contributed by atoms with van der Waals surface area (Å²) in [5.41, 5.74) is 2.08. The normalized spacial score (nSPS) is 20.8. The van der Waals surface area contributed by atoms with Gasteiger partial charge in [0, 0.05) is 31.5 Å². The molecule has 0 spiro atoms. The Bertz CT molecular complexity index is 555. The van der Waals surface area contributed by atoms with Crippen LogP contribution in [0.2, 0.25) is 0 Å². The molecule has 0 unspecified atom stereocenters. The fourth-order valence-corrected chi connectivity index (χ4v) is 3.08. The predicted molar refractivity (Wildman–Crippen MR) is 100 cm³/mol. The third-order valence-electron chi connectivity index (χ3n) is 4.43. The maximum absolute atomic E-state index is 12.3. The van der Waals surface area contributed by atoms with E-state index in [1.165, 1.54) is 5.56 Å². The number of carboxylic acid groups (broad SMARTS) is 1. The Labute approximate surface area is 155 Å². The van der Waals surface area contributed by atoms with Gasteiger partial charge in [-0.05, 0) is 23.9 Å². The summed E-state index contributed by atoms with van der Waals surface area (Å²) in [5.74, 6) is 0.156. The second-order valence-corrected chi connectivity index (χ2v) is 7.76. The highest BCUT2D eigenvalue weighted by atomic mass is 16.3. The minimum atomic E-state index is -0.459. The van der Waals surface area contributed by atoms with Gasteiger partial charge in [-0.1, -0.05) is 45.0 Å². The third-order valence-corrected chi connectivity index (χ3v) is 4.43. The van der Waals surface area contributed by atoms with Crippen molar-refractivity contribution >= 4 is 12.3 Å². The van der Waals surface area contributed by atoms with Gasteiger partial charge in [0.15, 0.2) is 5.78 Å². The fraction of sp³-hybridized carbons (Fsp3) is 0.600. The van der Waals surface area contributed by atoms with Crippen molar-refractivity contribution in [3.63, 3.8) is 0 Å². The molecule has 146 valence electrons. The zero-order valence-electron chi connectivity index (χ0n) is 15.9. The van der Waals surface area contributed by atoms with Crippen LogP contribution in [0.25, 0.3) is 0 Å². The number of ketones is 1. The first-order chi connectivity index (χ1) is 12.2. The molecule has 1 aliphatic rings. The first-order valence-electron chi connectivity index (χ1n) is 8.97. The molecule has 2 atom stereocenters. The molecule has 0 amide bonds. The summed E-state index contributed by atoms with van der Waals surface area (Å²) >= 11 is 0. The van der Waals surface area contributed by atoms with Gasteiger partial charge >= 0.3 is 0 Å². The number of carbonyl (C=O) groups is 2. The van der Waals surface area contributed by atoms with E-state index in [4.69, 9.17) is 9.90 Å². The lowest BCUT2D eigenvalue weighted by Gasteiger charge is -2.33. The van der Waals surface area contributed by atoms with E-state index in [1.54, 1.807) is 0 Å². The van der Waals surface area contributed by atoms with Gasteiger partial charge in [0.25, 0.3) is 6.47 Å². The van der Waals surface area contributed by atoms with Crippen molar-refractivity contribution < 1.29 is 24.9 Å². The molecule has 0 radical (unpaired) electrons. The van der Waals surface area contributed by atoms with E-state index >= 15 is 0 Å². The molecule has 1 aliphatic heterocycles. The van der Waals surface area contributed by atoms with Crippen molar-refractivity contribution in [2.24, 2.45) is 0 Å². The van der Waals surface area contributed by atoms with Gasteiger partial charge in [-0.15, -0.1) is 0 Å². The molecule has 0 saturated carbocycles. The Morgan fingerprint density at radius 2 is 1.65 bits per heavy atom. The van der Waals surface area contributed by atoms with Crippen molar-refractivity contribution in [2.75, 3.05) is 19.6 Å². The molecule has 6 nitrogen and oxygen atoms in total. The molecule has 0 aliphatic carbocycles. The molecule has 1 fully saturated rings. The summed E-state index contributed by atoms with van der Waals surface area (Å²) in [7, 11) is 0. The number of aliphatic hydroxyl groups is 2. The van der Waals surface area contributed by atoms with Crippen LogP contribution in [-0.4, -0.2) is 64.3 Å². The van der Waals surface area contributed by atoms with Crippen molar-refractivity contribution in [1.29, 1.82) is 0 Å². The molecule has 0 aromatic heterocycles. The van der Waals surface area contributed by atoms with Gasteiger partial charge in [0.2, 0.25) is 0 Å². The SMILES string of the molecule is CC(C)(C)c1ccc(C(=O)CCCN2C[C@H](O)C[C@@H](O)C2)cc1.O=CO. The first kappa shape index (κ1) is 22.3. The molecule has 1 aromatic rings. The quantitative estimate of drug-likeness (QED) is 0.546. The monoisotopic (exact) mass is 365 g/mol. The molecule has 1 heterocycles. The Hall–Kier alpha value is -1.76. The van der Waals surface area contributed by atoms with Crippen LogP contribution in [-0.2, 0) is 10.2 Å². The van der Waals surface area contributed by atoms with Crippen LogP contribution in [0.4, 0.5) is 0 Å². The zero-order valence-corrected chi connectivity index (χ0v) is 15.9. The number of nitrogens with zero attached hydrogens (tertiary/aromatic N) is 1. The number of piperidine rings is 1. The van der Waals surface area contributed by atoms with E-state index in [9.17, 15) is 15.0 Å². The summed E-state index contributed by atoms with van der Waals surface area (Å²) in [6, 6.07) is 7.89. The number of hydrogen-bond acceptors (Lipinski definition) is 5. The number of β-amino-alcohol motifs (C(OH)–C–C–N with tert-alkyl or cyclic N) is 2. The smallest absolute Gasteiger partial charge is 0.290 e. The highest BCUT2D eigenvalue weighted by molar-refractivity contribution is 5.96. The lowest BCUT2D eigenvalue weighted by Crippen LogP contribution is -2.45. The van der Waals surface area contributed by atoms with E-state index < -0.39 is 12.2 Å². The largest absolute Gasteiger partial charge is 0.483 e. The van der Waals surface area contributed by atoms with Crippen molar-refractivity contribution in [2.45, 2.75) is 57.7 Å². The van der Waals surface area contributed by atoms with Crippen LogP contribution in [0, 0.1) is 0 Å². The standard InChI is InChI=1S/C19H29NO3.CH2O2/c1-19(2,3)15-8-6-14(7-9-15)18(23)5-4-10-20-12-16(21)11-17(22)13-20;2-1-3/h6-9,16-17,21-22H,4-5,10-13H2,1-3H3;1H,(H,2,3)/t16-,17-;/m1./s1. The van der Waals surface area contributed by atoms with Crippen molar-refractivity contribution in [1.82, 2.24) is 4.90 Å². The fourth-order valence-electron chi connectivity index (χ4n) is 3.08. The summed E-state index contributed by atoms with van der Waals surface area (Å²) in [6.07, 6.45) is 0.783. The van der Waals surface area contributed by atoms with E-state index in [2.05, 4.69) is 20.8 Å². The van der Waals surface area contributed by atoms with Crippen LogP contribution in [0.5, 0.6) is 0 Å². The average molecular weight is 365 g/mol. The number of carbonyl (C=O) groups excluding carboxylic acids is 1. The van der Waals surface area contributed by atoms with Crippen LogP contribution in [0.3, 0.4) is 0 Å². The summed E-state index contributed by atoms with van der Waals surface area (Å²) < 4.78 is 0. The Morgan fingerprint density at radius 1 is 1.15 bits per heavy atom. The van der Waals surface area contributed by atoms with Crippen LogP contribution < -0.4 is 0 Å². The average Bonchev–Trinajstić information content (AvgIpc) is 2.54. The van der Waals surface area contributed by atoms with E-state index in [1.807, 2.05) is 29.2 Å². The number of benzene rings is 1. The number of hydrogen-bond donors (Lipinski definition) is 3.